The van der Waals surface area contributed by atoms with Gasteiger partial charge in [0.25, 0.3) is 5.91 Å². The first-order chi connectivity index (χ1) is 12.1. The predicted octanol–water partition coefficient (Wildman–Crippen LogP) is 3.91. The molecular formula is C20H18FN3O. The van der Waals surface area contributed by atoms with E-state index in [1.807, 2.05) is 24.3 Å². The minimum atomic E-state index is -0.535. The third-order valence-electron chi connectivity index (χ3n) is 4.03. The number of hydrogen-bond acceptors (Lipinski definition) is 3. The number of aromatic nitrogens is 1. The molecule has 1 amide bonds. The number of hydrogen-bond donors (Lipinski definition) is 2. The van der Waals surface area contributed by atoms with E-state index in [2.05, 4.69) is 10.3 Å². The maximum absolute atomic E-state index is 14.0. The molecule has 0 unspecified atom stereocenters. The molecule has 1 heterocycles. The van der Waals surface area contributed by atoms with Crippen molar-refractivity contribution in [1.82, 2.24) is 4.98 Å². The zero-order chi connectivity index (χ0) is 17.8. The Hall–Kier alpha value is -3.21. The molecule has 0 saturated carbocycles. The molecule has 2 aromatic carbocycles. The Morgan fingerprint density at radius 1 is 1.16 bits per heavy atom. The molecule has 3 N–H and O–H groups in total. The van der Waals surface area contributed by atoms with Gasteiger partial charge in [-0.05, 0) is 47.9 Å². The fourth-order valence-electron chi connectivity index (χ4n) is 2.64. The van der Waals surface area contributed by atoms with Crippen LogP contribution in [0, 0.1) is 12.7 Å². The Balaban J connectivity index is 2.04. The van der Waals surface area contributed by atoms with Gasteiger partial charge in [-0.15, -0.1) is 0 Å². The van der Waals surface area contributed by atoms with Gasteiger partial charge >= 0.3 is 0 Å². The van der Waals surface area contributed by atoms with Crippen LogP contribution in [0.3, 0.4) is 0 Å². The van der Waals surface area contributed by atoms with Crippen LogP contribution in [0.1, 0.15) is 21.5 Å². The number of nitrogens with zero attached hydrogens (tertiary/aromatic N) is 1. The fourth-order valence-corrected chi connectivity index (χ4v) is 2.64. The Kier molecular flexibility index (Phi) is 4.75. The lowest BCUT2D eigenvalue weighted by Gasteiger charge is -2.16. The van der Waals surface area contributed by atoms with Gasteiger partial charge < -0.3 is 11.1 Å². The van der Waals surface area contributed by atoms with E-state index in [0.29, 0.717) is 28.9 Å². The number of amides is 1. The fraction of sp³-hybridized carbons (Fsp3) is 0.100. The first-order valence-electron chi connectivity index (χ1n) is 7.88. The van der Waals surface area contributed by atoms with Crippen molar-refractivity contribution in [3.63, 3.8) is 0 Å². The molecule has 0 radical (unpaired) electrons. The number of nitrogens with two attached hydrogens (primary N) is 1. The van der Waals surface area contributed by atoms with E-state index in [1.54, 1.807) is 37.5 Å². The molecule has 0 fully saturated rings. The van der Waals surface area contributed by atoms with E-state index in [-0.39, 0.29) is 5.82 Å². The van der Waals surface area contributed by atoms with Crippen molar-refractivity contribution in [3.8, 4) is 11.1 Å². The molecule has 5 heteroatoms. The number of para-hydroxylation sites is 1. The summed E-state index contributed by atoms with van der Waals surface area (Å²) in [4.78, 5) is 15.8. The minimum Gasteiger partial charge on any atom is -0.380 e. The van der Waals surface area contributed by atoms with Gasteiger partial charge in [-0.25, -0.2) is 4.39 Å². The van der Waals surface area contributed by atoms with Crippen molar-refractivity contribution in [2.24, 2.45) is 5.73 Å². The molecule has 0 bridgehead atoms. The number of halogens is 1. The molecule has 0 aliphatic heterocycles. The summed E-state index contributed by atoms with van der Waals surface area (Å²) in [5.74, 6) is -0.825. The lowest BCUT2D eigenvalue weighted by Crippen LogP contribution is -2.15. The highest BCUT2D eigenvalue weighted by Crippen LogP contribution is 2.32. The van der Waals surface area contributed by atoms with Crippen LogP contribution in [0.4, 0.5) is 10.1 Å². The second kappa shape index (κ2) is 7.13. The molecule has 0 aliphatic carbocycles. The summed E-state index contributed by atoms with van der Waals surface area (Å²) in [5, 5.41) is 3.26. The standard InChI is InChI=1S/C20H18FN3O/c1-13-5-6-15(11-18(13)21)16-3-2-4-17(20(22)25)19(16)24-12-14-7-9-23-10-8-14/h2-11,24H,12H2,1H3,(H2,22,25). The molecule has 1 aromatic heterocycles. The van der Waals surface area contributed by atoms with Crippen LogP contribution in [0.15, 0.2) is 60.9 Å². The van der Waals surface area contributed by atoms with Gasteiger partial charge in [-0.3, -0.25) is 9.78 Å². The summed E-state index contributed by atoms with van der Waals surface area (Å²) in [7, 11) is 0. The second-order valence-electron chi connectivity index (χ2n) is 5.77. The van der Waals surface area contributed by atoms with Crippen LogP contribution < -0.4 is 11.1 Å². The third kappa shape index (κ3) is 3.66. The average Bonchev–Trinajstić information content (AvgIpc) is 2.63. The highest BCUT2D eigenvalue weighted by molar-refractivity contribution is 6.02. The molecule has 126 valence electrons. The van der Waals surface area contributed by atoms with Gasteiger partial charge in [-0.2, -0.15) is 0 Å². The summed E-state index contributed by atoms with van der Waals surface area (Å²) in [6.45, 7) is 2.20. The Labute approximate surface area is 145 Å². The zero-order valence-electron chi connectivity index (χ0n) is 13.8. The molecular weight excluding hydrogens is 317 g/mol. The summed E-state index contributed by atoms with van der Waals surface area (Å²) in [5.41, 5.74) is 9.47. The number of benzene rings is 2. The Morgan fingerprint density at radius 3 is 2.60 bits per heavy atom. The number of primary amides is 1. The van der Waals surface area contributed by atoms with Crippen molar-refractivity contribution in [1.29, 1.82) is 0 Å². The summed E-state index contributed by atoms with van der Waals surface area (Å²) >= 11 is 0. The third-order valence-corrected chi connectivity index (χ3v) is 4.03. The zero-order valence-corrected chi connectivity index (χ0v) is 13.8. The van der Waals surface area contributed by atoms with E-state index in [1.165, 1.54) is 6.07 Å². The van der Waals surface area contributed by atoms with Crippen LogP contribution in [0.5, 0.6) is 0 Å². The van der Waals surface area contributed by atoms with Gasteiger partial charge in [0.2, 0.25) is 0 Å². The number of carbonyl (C=O) groups excluding carboxylic acids is 1. The molecule has 0 spiro atoms. The van der Waals surface area contributed by atoms with Gasteiger partial charge in [0.1, 0.15) is 5.82 Å². The first kappa shape index (κ1) is 16.6. The first-order valence-corrected chi connectivity index (χ1v) is 7.88. The van der Waals surface area contributed by atoms with E-state index >= 15 is 0 Å². The predicted molar refractivity (Wildman–Crippen MR) is 96.7 cm³/mol. The normalized spacial score (nSPS) is 10.5. The number of aryl methyl sites for hydroxylation is 1. The van der Waals surface area contributed by atoms with E-state index < -0.39 is 5.91 Å². The molecule has 4 nitrogen and oxygen atoms in total. The van der Waals surface area contributed by atoms with E-state index in [9.17, 15) is 9.18 Å². The maximum Gasteiger partial charge on any atom is 0.250 e. The molecule has 0 atom stereocenters. The lowest BCUT2D eigenvalue weighted by atomic mass is 9.98. The monoisotopic (exact) mass is 335 g/mol. The van der Waals surface area contributed by atoms with Crippen LogP contribution in [0.25, 0.3) is 11.1 Å². The highest BCUT2D eigenvalue weighted by atomic mass is 19.1. The number of pyridine rings is 1. The van der Waals surface area contributed by atoms with Crippen molar-refractivity contribution in [2.45, 2.75) is 13.5 Å². The van der Waals surface area contributed by atoms with Crippen LogP contribution in [-0.4, -0.2) is 10.9 Å². The van der Waals surface area contributed by atoms with Gasteiger partial charge in [0.05, 0.1) is 11.3 Å². The van der Waals surface area contributed by atoms with Crippen molar-refractivity contribution in [3.05, 3.63) is 83.4 Å². The highest BCUT2D eigenvalue weighted by Gasteiger charge is 2.14. The Bertz CT molecular complexity index is 910. The summed E-state index contributed by atoms with van der Waals surface area (Å²) < 4.78 is 14.0. The van der Waals surface area contributed by atoms with E-state index in [0.717, 1.165) is 11.1 Å². The molecule has 3 rings (SSSR count). The summed E-state index contributed by atoms with van der Waals surface area (Å²) in [6, 6.07) is 14.0. The molecule has 0 aliphatic rings. The van der Waals surface area contributed by atoms with Crippen molar-refractivity contribution >= 4 is 11.6 Å². The second-order valence-corrected chi connectivity index (χ2v) is 5.77. The van der Waals surface area contributed by atoms with Crippen LogP contribution in [0.2, 0.25) is 0 Å². The number of nitrogens with one attached hydrogen (secondary N) is 1. The molecule has 3 aromatic rings. The number of anilines is 1. The van der Waals surface area contributed by atoms with Crippen molar-refractivity contribution < 1.29 is 9.18 Å². The van der Waals surface area contributed by atoms with Crippen LogP contribution in [-0.2, 0) is 6.54 Å². The van der Waals surface area contributed by atoms with Gasteiger partial charge in [0.15, 0.2) is 0 Å². The quantitative estimate of drug-likeness (QED) is 0.743. The smallest absolute Gasteiger partial charge is 0.250 e. The number of rotatable bonds is 5. The van der Waals surface area contributed by atoms with Crippen molar-refractivity contribution in [2.75, 3.05) is 5.32 Å². The van der Waals surface area contributed by atoms with Gasteiger partial charge in [-0.1, -0.05) is 24.3 Å². The maximum atomic E-state index is 14.0. The lowest BCUT2D eigenvalue weighted by molar-refractivity contribution is 0.100. The van der Waals surface area contributed by atoms with Gasteiger partial charge in [0, 0.05) is 24.5 Å². The average molecular weight is 335 g/mol. The van der Waals surface area contributed by atoms with Crippen LogP contribution >= 0.6 is 0 Å². The number of carbonyl (C=O) groups is 1. The molecule has 0 saturated heterocycles. The van der Waals surface area contributed by atoms with E-state index in [4.69, 9.17) is 5.73 Å². The topological polar surface area (TPSA) is 68.0 Å². The summed E-state index contributed by atoms with van der Waals surface area (Å²) in [6.07, 6.45) is 3.40. The molecule has 25 heavy (non-hydrogen) atoms. The SMILES string of the molecule is Cc1ccc(-c2cccc(C(N)=O)c2NCc2ccncc2)cc1F. The Morgan fingerprint density at radius 2 is 1.92 bits per heavy atom. The minimum absolute atomic E-state index is 0.290. The largest absolute Gasteiger partial charge is 0.380 e.